The van der Waals surface area contributed by atoms with Gasteiger partial charge in [0.05, 0.1) is 11.0 Å². The molecule has 1 aliphatic heterocycles. The lowest BCUT2D eigenvalue weighted by Crippen LogP contribution is -2.43. The summed E-state index contributed by atoms with van der Waals surface area (Å²) in [5.74, 6) is 0.996. The van der Waals surface area contributed by atoms with Crippen molar-refractivity contribution in [1.82, 2.24) is 19.8 Å². The number of benzene rings is 2. The van der Waals surface area contributed by atoms with E-state index in [0.717, 1.165) is 48.2 Å². The third-order valence-electron chi connectivity index (χ3n) is 6.33. The van der Waals surface area contributed by atoms with E-state index in [1.54, 1.807) is 0 Å². The molecule has 32 heavy (non-hydrogen) atoms. The number of aryl methyl sites for hydroxylation is 2. The number of piperidine rings is 1. The number of imidazole rings is 1. The van der Waals surface area contributed by atoms with Crippen molar-refractivity contribution in [2.45, 2.75) is 58.5 Å². The minimum absolute atomic E-state index is 0.0623. The number of carbonyl (C=O) groups excluding carboxylic acids is 2. The quantitative estimate of drug-likeness (QED) is 0.572. The van der Waals surface area contributed by atoms with E-state index in [1.807, 2.05) is 60.4 Å². The Bertz CT molecular complexity index is 1090. The summed E-state index contributed by atoms with van der Waals surface area (Å²) in [5.41, 5.74) is 3.70. The second kappa shape index (κ2) is 9.98. The number of amides is 2. The topological polar surface area (TPSA) is 67.2 Å². The lowest BCUT2D eigenvalue weighted by Gasteiger charge is -2.33. The van der Waals surface area contributed by atoms with Crippen molar-refractivity contribution in [2.24, 2.45) is 0 Å². The van der Waals surface area contributed by atoms with Crippen molar-refractivity contribution in [3.63, 3.8) is 0 Å². The molecular weight excluding hydrogens is 400 g/mol. The molecule has 6 nitrogen and oxygen atoms in total. The van der Waals surface area contributed by atoms with Crippen LogP contribution >= 0.6 is 0 Å². The number of nitrogens with one attached hydrogen (secondary N) is 1. The van der Waals surface area contributed by atoms with Crippen molar-refractivity contribution in [3.8, 4) is 0 Å². The Morgan fingerprint density at radius 3 is 2.66 bits per heavy atom. The van der Waals surface area contributed by atoms with Crippen LogP contribution in [-0.2, 0) is 17.8 Å². The summed E-state index contributed by atoms with van der Waals surface area (Å²) < 4.78 is 2.06. The first-order valence-electron chi connectivity index (χ1n) is 11.6. The highest BCUT2D eigenvalue weighted by molar-refractivity contribution is 5.94. The van der Waals surface area contributed by atoms with E-state index in [2.05, 4.69) is 16.8 Å². The third kappa shape index (κ3) is 5.01. The molecule has 2 aromatic carbocycles. The highest BCUT2D eigenvalue weighted by atomic mass is 16.2. The lowest BCUT2D eigenvalue weighted by atomic mass is 10.0. The second-order valence-electron chi connectivity index (χ2n) is 8.76. The first kappa shape index (κ1) is 22.1. The number of nitrogens with zero attached hydrogens (tertiary/aromatic N) is 3. The molecule has 168 valence electrons. The molecule has 1 atom stereocenters. The number of likely N-dealkylation sites (tertiary alicyclic amines) is 1. The van der Waals surface area contributed by atoms with Crippen LogP contribution in [0.3, 0.4) is 0 Å². The molecule has 1 aliphatic rings. The van der Waals surface area contributed by atoms with Gasteiger partial charge < -0.3 is 14.8 Å². The summed E-state index contributed by atoms with van der Waals surface area (Å²) in [6, 6.07) is 15.8. The van der Waals surface area contributed by atoms with Gasteiger partial charge in [-0.1, -0.05) is 29.8 Å². The molecule has 0 bridgehead atoms. The molecule has 3 aromatic rings. The summed E-state index contributed by atoms with van der Waals surface area (Å²) in [4.78, 5) is 32.2. The van der Waals surface area contributed by atoms with Crippen molar-refractivity contribution in [3.05, 3.63) is 65.5 Å². The van der Waals surface area contributed by atoms with Crippen LogP contribution in [0.2, 0.25) is 0 Å². The monoisotopic (exact) mass is 432 g/mol. The van der Waals surface area contributed by atoms with Gasteiger partial charge in [0.15, 0.2) is 0 Å². The Hall–Kier alpha value is -3.15. The number of fused-ring (bicyclic) bond motifs is 1. The molecular formula is C26H32N4O2. The first-order chi connectivity index (χ1) is 15.5. The molecule has 1 fully saturated rings. The minimum Gasteiger partial charge on any atom is -0.352 e. The second-order valence-corrected chi connectivity index (χ2v) is 8.76. The fourth-order valence-corrected chi connectivity index (χ4v) is 4.44. The van der Waals surface area contributed by atoms with E-state index < -0.39 is 0 Å². The van der Waals surface area contributed by atoms with Crippen molar-refractivity contribution in [2.75, 3.05) is 13.1 Å². The number of rotatable bonds is 7. The fourth-order valence-electron chi connectivity index (χ4n) is 4.44. The van der Waals surface area contributed by atoms with Gasteiger partial charge in [-0.25, -0.2) is 4.98 Å². The van der Waals surface area contributed by atoms with E-state index >= 15 is 0 Å². The van der Waals surface area contributed by atoms with E-state index in [9.17, 15) is 9.59 Å². The van der Waals surface area contributed by atoms with Gasteiger partial charge in [0.1, 0.15) is 12.4 Å². The number of para-hydroxylation sites is 2. The van der Waals surface area contributed by atoms with E-state index in [0.29, 0.717) is 31.1 Å². The van der Waals surface area contributed by atoms with Crippen LogP contribution in [0, 0.1) is 6.92 Å². The maximum absolute atomic E-state index is 13.1. The molecule has 4 rings (SSSR count). The van der Waals surface area contributed by atoms with Gasteiger partial charge >= 0.3 is 0 Å². The molecule has 2 amide bonds. The predicted molar refractivity (Wildman–Crippen MR) is 127 cm³/mol. The van der Waals surface area contributed by atoms with Crippen molar-refractivity contribution >= 4 is 22.8 Å². The average Bonchev–Trinajstić information content (AvgIpc) is 3.14. The average molecular weight is 433 g/mol. The van der Waals surface area contributed by atoms with Crippen molar-refractivity contribution in [1.29, 1.82) is 0 Å². The lowest BCUT2D eigenvalue weighted by molar-refractivity contribution is -0.135. The van der Waals surface area contributed by atoms with Crippen LogP contribution in [0.25, 0.3) is 11.0 Å². The number of hydrogen-bond donors (Lipinski definition) is 1. The molecule has 0 saturated carbocycles. The largest absolute Gasteiger partial charge is 0.352 e. The summed E-state index contributed by atoms with van der Waals surface area (Å²) in [7, 11) is 0. The minimum atomic E-state index is -0.0623. The maximum Gasteiger partial charge on any atom is 0.251 e. The highest BCUT2D eigenvalue weighted by Crippen LogP contribution is 2.20. The standard InChI is InChI=1S/C26H32N4O2/c1-19-12-14-21(15-13-19)26(32)27-16-7-11-24-28-22-9-3-4-10-23(22)30(24)18-25(31)29-17-6-5-8-20(29)2/h3-4,9-10,12-15,20H,5-8,11,16-18H2,1-2H3,(H,27,32). The Balaban J connectivity index is 1.41. The fraction of sp³-hybridized carbons (Fsp3) is 0.423. The van der Waals surface area contributed by atoms with E-state index in [1.165, 1.54) is 6.42 Å². The zero-order valence-corrected chi connectivity index (χ0v) is 19.0. The van der Waals surface area contributed by atoms with Gasteiger partial charge in [0.2, 0.25) is 5.91 Å². The molecule has 1 N–H and O–H groups in total. The summed E-state index contributed by atoms with van der Waals surface area (Å²) in [6.45, 7) is 5.86. The Kier molecular flexibility index (Phi) is 6.88. The first-order valence-corrected chi connectivity index (χ1v) is 11.6. The van der Waals surface area contributed by atoms with Gasteiger partial charge in [0.25, 0.3) is 5.91 Å². The molecule has 1 aromatic heterocycles. The van der Waals surface area contributed by atoms with E-state index in [-0.39, 0.29) is 11.8 Å². The number of aromatic nitrogens is 2. The van der Waals surface area contributed by atoms with Crippen LogP contribution in [-0.4, -0.2) is 45.4 Å². The van der Waals surface area contributed by atoms with Gasteiger partial charge in [0, 0.05) is 31.1 Å². The summed E-state index contributed by atoms with van der Waals surface area (Å²) in [5, 5.41) is 2.99. The van der Waals surface area contributed by atoms with Crippen LogP contribution in [0.4, 0.5) is 0 Å². The molecule has 0 aliphatic carbocycles. The molecule has 6 heteroatoms. The predicted octanol–water partition coefficient (Wildman–Crippen LogP) is 4.11. The van der Waals surface area contributed by atoms with Crippen LogP contribution in [0.5, 0.6) is 0 Å². The maximum atomic E-state index is 13.1. The molecule has 2 heterocycles. The Morgan fingerprint density at radius 2 is 1.88 bits per heavy atom. The highest BCUT2D eigenvalue weighted by Gasteiger charge is 2.24. The van der Waals surface area contributed by atoms with Gasteiger partial charge in [-0.2, -0.15) is 0 Å². The zero-order chi connectivity index (χ0) is 22.5. The van der Waals surface area contributed by atoms with E-state index in [4.69, 9.17) is 4.98 Å². The van der Waals surface area contributed by atoms with Crippen LogP contribution in [0.15, 0.2) is 48.5 Å². The Labute approximate surface area is 189 Å². The zero-order valence-electron chi connectivity index (χ0n) is 19.0. The van der Waals surface area contributed by atoms with Gasteiger partial charge in [-0.3, -0.25) is 9.59 Å². The summed E-state index contributed by atoms with van der Waals surface area (Å²) >= 11 is 0. The number of hydrogen-bond acceptors (Lipinski definition) is 3. The third-order valence-corrected chi connectivity index (χ3v) is 6.33. The molecule has 0 spiro atoms. The molecule has 0 radical (unpaired) electrons. The number of carbonyl (C=O) groups is 2. The molecule has 1 unspecified atom stereocenters. The van der Waals surface area contributed by atoms with Crippen LogP contribution in [0.1, 0.15) is 54.4 Å². The van der Waals surface area contributed by atoms with Crippen LogP contribution < -0.4 is 5.32 Å². The van der Waals surface area contributed by atoms with Gasteiger partial charge in [-0.15, -0.1) is 0 Å². The molecule has 1 saturated heterocycles. The van der Waals surface area contributed by atoms with Gasteiger partial charge in [-0.05, 0) is 63.8 Å². The normalized spacial score (nSPS) is 16.3. The SMILES string of the molecule is Cc1ccc(C(=O)NCCCc2nc3ccccc3n2CC(=O)N2CCCCC2C)cc1. The summed E-state index contributed by atoms with van der Waals surface area (Å²) in [6.07, 6.45) is 4.80. The van der Waals surface area contributed by atoms with Crippen molar-refractivity contribution < 1.29 is 9.59 Å². The Morgan fingerprint density at radius 1 is 1.09 bits per heavy atom. The smallest absolute Gasteiger partial charge is 0.251 e.